The number of nitrogens with two attached hydrogens (primary N) is 1. The van der Waals surface area contributed by atoms with Crippen molar-refractivity contribution in [1.82, 2.24) is 19.1 Å². The van der Waals surface area contributed by atoms with Crippen LogP contribution in [0.15, 0.2) is 11.0 Å². The molecule has 0 aliphatic carbocycles. The van der Waals surface area contributed by atoms with E-state index < -0.39 is 36.4 Å². The fraction of sp³-hybridized carbons (Fsp3) is 0.688. The minimum atomic E-state index is -1.82. The first-order valence-corrected chi connectivity index (χ1v) is 8.79. The van der Waals surface area contributed by atoms with Crippen molar-refractivity contribution in [2.24, 2.45) is 0 Å². The largest absolute Gasteiger partial charge is 0.390 e. The van der Waals surface area contributed by atoms with Crippen LogP contribution in [0.3, 0.4) is 0 Å². The van der Waals surface area contributed by atoms with Crippen LogP contribution in [0, 0.1) is 0 Å². The van der Waals surface area contributed by atoms with E-state index in [2.05, 4.69) is 9.97 Å². The number of aromatic nitrogens is 4. The van der Waals surface area contributed by atoms with E-state index in [9.17, 15) is 19.4 Å². The second-order valence-electron chi connectivity index (χ2n) is 6.50. The van der Waals surface area contributed by atoms with E-state index in [1.165, 1.54) is 10.8 Å². The zero-order valence-corrected chi connectivity index (χ0v) is 14.7. The molecule has 4 N–H and O–H groups in total. The molecule has 0 bridgehead atoms. The van der Waals surface area contributed by atoms with Crippen molar-refractivity contribution in [3.8, 4) is 0 Å². The van der Waals surface area contributed by atoms with Crippen LogP contribution in [0.4, 0.5) is 10.3 Å². The number of fused-ring (bicyclic) bond motifs is 1. The number of unbranched alkanes of at least 4 members (excludes halogenated alkanes) is 1. The van der Waals surface area contributed by atoms with Crippen LogP contribution >= 0.6 is 0 Å². The van der Waals surface area contributed by atoms with Crippen molar-refractivity contribution >= 4 is 17.1 Å². The van der Waals surface area contributed by atoms with Crippen molar-refractivity contribution in [3.05, 3.63) is 16.7 Å². The maximum Gasteiger partial charge on any atom is 0.332 e. The first-order valence-electron chi connectivity index (χ1n) is 8.79. The van der Waals surface area contributed by atoms with Crippen LogP contribution in [-0.4, -0.2) is 53.8 Å². The maximum absolute atomic E-state index is 14.5. The van der Waals surface area contributed by atoms with Gasteiger partial charge in [-0.15, -0.1) is 0 Å². The Bertz CT molecular complexity index is 838. The summed E-state index contributed by atoms with van der Waals surface area (Å²) in [5.41, 5.74) is 5.76. The summed E-state index contributed by atoms with van der Waals surface area (Å²) < 4.78 is 22.6. The predicted molar refractivity (Wildman–Crippen MR) is 92.2 cm³/mol. The van der Waals surface area contributed by atoms with Gasteiger partial charge < -0.3 is 20.7 Å². The fourth-order valence-electron chi connectivity index (χ4n) is 3.25. The van der Waals surface area contributed by atoms with Gasteiger partial charge in [0.05, 0.1) is 12.3 Å². The van der Waals surface area contributed by atoms with Crippen LogP contribution < -0.4 is 11.4 Å². The average molecular weight is 369 g/mol. The molecule has 3 rings (SSSR count). The predicted octanol–water partition coefficient (Wildman–Crippen LogP) is 0.343. The minimum absolute atomic E-state index is 0.0479. The van der Waals surface area contributed by atoms with E-state index >= 15 is 0 Å². The topological polar surface area (TPSA) is 128 Å². The molecule has 1 saturated heterocycles. The van der Waals surface area contributed by atoms with Gasteiger partial charge in [0.1, 0.15) is 17.7 Å². The van der Waals surface area contributed by atoms with Crippen molar-refractivity contribution in [2.45, 2.75) is 70.4 Å². The number of hydrogen-bond acceptors (Lipinski definition) is 7. The lowest BCUT2D eigenvalue weighted by Crippen LogP contribution is -2.36. The van der Waals surface area contributed by atoms with Gasteiger partial charge in [0.2, 0.25) is 5.95 Å². The maximum atomic E-state index is 14.5. The lowest BCUT2D eigenvalue weighted by atomic mass is 10.1. The third-order valence-electron chi connectivity index (χ3n) is 4.74. The average Bonchev–Trinajstić information content (AvgIpc) is 3.06. The lowest BCUT2D eigenvalue weighted by Gasteiger charge is -2.18. The summed E-state index contributed by atoms with van der Waals surface area (Å²) in [5.74, 6) is -0.0479. The molecule has 0 unspecified atom stereocenters. The Balaban J connectivity index is 2.11. The number of ether oxygens (including phenoxy) is 1. The minimum Gasteiger partial charge on any atom is -0.390 e. The molecule has 1 fully saturated rings. The van der Waals surface area contributed by atoms with Crippen LogP contribution in [0.1, 0.15) is 39.3 Å². The molecule has 2 aromatic heterocycles. The number of aryl methyl sites for hydroxylation is 1. The van der Waals surface area contributed by atoms with E-state index in [1.807, 2.05) is 6.92 Å². The van der Waals surface area contributed by atoms with Gasteiger partial charge in [-0.25, -0.2) is 18.7 Å². The van der Waals surface area contributed by atoms with Gasteiger partial charge in [-0.05, 0) is 12.8 Å². The van der Waals surface area contributed by atoms with Gasteiger partial charge in [0.25, 0.3) is 0 Å². The number of hydrogen-bond donors (Lipinski definition) is 3. The van der Waals surface area contributed by atoms with E-state index in [1.54, 1.807) is 6.92 Å². The van der Waals surface area contributed by atoms with Crippen molar-refractivity contribution in [2.75, 3.05) is 5.73 Å². The number of nitrogen functional groups attached to an aromatic ring is 1. The second kappa shape index (κ2) is 7.29. The molecule has 9 nitrogen and oxygen atoms in total. The molecule has 3 heterocycles. The highest BCUT2D eigenvalue weighted by Gasteiger charge is 2.49. The first kappa shape index (κ1) is 18.7. The molecular formula is C16H24FN5O4. The quantitative estimate of drug-likeness (QED) is 0.670. The Labute approximate surface area is 149 Å². The van der Waals surface area contributed by atoms with Gasteiger partial charge >= 0.3 is 5.69 Å². The second-order valence-corrected chi connectivity index (χ2v) is 6.50. The molecule has 0 radical (unpaired) electrons. The van der Waals surface area contributed by atoms with E-state index in [0.717, 1.165) is 17.4 Å². The third-order valence-corrected chi connectivity index (χ3v) is 4.74. The van der Waals surface area contributed by atoms with Gasteiger partial charge in [0.15, 0.2) is 18.0 Å². The molecule has 10 heteroatoms. The smallest absolute Gasteiger partial charge is 0.332 e. The lowest BCUT2D eigenvalue weighted by molar-refractivity contribution is -0.0799. The standard InChI is InChI=1S/C16H24FN5O4/c1-3-5-6-21-8-7-19-15(18)20-13(8)22(16(21)25)14-11(24)10(17)12(26-14)9(23)4-2/h7,9-12,14,23-24H,3-6H2,1-2H3,(H2,18,19,20)/t9-,10+,11+,12+,14+/m0/s1. The summed E-state index contributed by atoms with van der Waals surface area (Å²) in [6.45, 7) is 4.10. The van der Waals surface area contributed by atoms with Crippen LogP contribution in [-0.2, 0) is 11.3 Å². The first-order chi connectivity index (χ1) is 12.4. The van der Waals surface area contributed by atoms with Gasteiger partial charge in [0, 0.05) is 6.54 Å². The molecule has 144 valence electrons. The highest BCUT2D eigenvalue weighted by molar-refractivity contribution is 5.71. The van der Waals surface area contributed by atoms with E-state index in [4.69, 9.17) is 10.5 Å². The highest BCUT2D eigenvalue weighted by atomic mass is 19.1. The van der Waals surface area contributed by atoms with Gasteiger partial charge in [-0.2, -0.15) is 4.98 Å². The molecule has 0 amide bonds. The fourth-order valence-corrected chi connectivity index (χ4v) is 3.25. The number of aliphatic hydroxyl groups is 2. The van der Waals surface area contributed by atoms with Crippen LogP contribution in [0.25, 0.3) is 11.2 Å². The summed E-state index contributed by atoms with van der Waals surface area (Å²) in [4.78, 5) is 20.9. The zero-order chi connectivity index (χ0) is 19.0. The Kier molecular flexibility index (Phi) is 5.26. The van der Waals surface area contributed by atoms with Gasteiger partial charge in [-0.3, -0.25) is 4.57 Å². The number of aliphatic hydroxyl groups excluding tert-OH is 2. The summed E-state index contributed by atoms with van der Waals surface area (Å²) in [6.07, 6.45) is -3.74. The highest BCUT2D eigenvalue weighted by Crippen LogP contribution is 2.34. The normalized spacial score (nSPS) is 27.3. The number of rotatable bonds is 6. The third kappa shape index (κ3) is 2.97. The molecule has 0 saturated carbocycles. The van der Waals surface area contributed by atoms with Crippen molar-refractivity contribution in [3.63, 3.8) is 0 Å². The molecule has 5 atom stereocenters. The number of nitrogens with zero attached hydrogens (tertiary/aromatic N) is 4. The number of halogens is 1. The molecule has 0 aromatic carbocycles. The SMILES string of the molecule is CCCCn1c(=O)n([C@@H]2O[C@H]([C@@H](O)CC)[C@H](F)[C@H]2O)c2nc(N)ncc21. The van der Waals surface area contributed by atoms with Crippen molar-refractivity contribution < 1.29 is 19.3 Å². The number of alkyl halides is 1. The number of imidazole rings is 1. The Morgan fingerprint density at radius 1 is 1.46 bits per heavy atom. The Hall–Kier alpha value is -2.04. The van der Waals surface area contributed by atoms with E-state index in [-0.39, 0.29) is 18.0 Å². The molecule has 1 aliphatic rings. The Morgan fingerprint density at radius 2 is 2.19 bits per heavy atom. The molecule has 2 aromatic rings. The zero-order valence-electron chi connectivity index (χ0n) is 14.7. The van der Waals surface area contributed by atoms with E-state index in [0.29, 0.717) is 12.1 Å². The summed E-state index contributed by atoms with van der Waals surface area (Å²) >= 11 is 0. The molecular weight excluding hydrogens is 345 g/mol. The Morgan fingerprint density at radius 3 is 2.85 bits per heavy atom. The monoisotopic (exact) mass is 369 g/mol. The molecule has 0 spiro atoms. The summed E-state index contributed by atoms with van der Waals surface area (Å²) in [6, 6.07) is 0. The number of anilines is 1. The molecule has 26 heavy (non-hydrogen) atoms. The van der Waals surface area contributed by atoms with Crippen LogP contribution in [0.2, 0.25) is 0 Å². The van der Waals surface area contributed by atoms with Gasteiger partial charge in [-0.1, -0.05) is 20.3 Å². The van der Waals surface area contributed by atoms with Crippen LogP contribution in [0.5, 0.6) is 0 Å². The molecule has 1 aliphatic heterocycles. The summed E-state index contributed by atoms with van der Waals surface area (Å²) in [7, 11) is 0. The summed E-state index contributed by atoms with van der Waals surface area (Å²) in [5, 5.41) is 20.3. The van der Waals surface area contributed by atoms with Crippen molar-refractivity contribution in [1.29, 1.82) is 0 Å².